The number of halogens is 1. The number of unbranched alkanes of at least 4 members (excludes halogenated alkanes) is 1. The Balaban J connectivity index is 2.19. The van der Waals surface area contributed by atoms with Gasteiger partial charge in [0.15, 0.2) is 0 Å². The van der Waals surface area contributed by atoms with Crippen LogP contribution >= 0.6 is 0 Å². The zero-order valence-corrected chi connectivity index (χ0v) is 14.5. The summed E-state index contributed by atoms with van der Waals surface area (Å²) in [5.74, 6) is -0.597. The number of hydrogen-bond acceptors (Lipinski definition) is 4. The van der Waals surface area contributed by atoms with Crippen LogP contribution in [0, 0.1) is 11.7 Å². The van der Waals surface area contributed by atoms with Gasteiger partial charge >= 0.3 is 5.97 Å². The molecule has 0 radical (unpaired) electrons. The van der Waals surface area contributed by atoms with Crippen LogP contribution in [-0.2, 0) is 20.7 Å². The molecule has 1 aliphatic heterocycles. The topological polar surface area (TPSA) is 61.5 Å². The average molecular weight is 337 g/mol. The number of nitrogens with two attached hydrogens (primary N) is 1. The van der Waals surface area contributed by atoms with Gasteiger partial charge in [-0.1, -0.05) is 31.9 Å². The molecule has 5 heteroatoms. The fraction of sp³-hybridized carbons (Fsp3) is 0.632. The standard InChI is InChI=1S/C19H28FNO3/c1-3-4-5-18-16(12-14-6-8-15(20)9-7-14)13(2)24-19(22)17(21)10-11-23-18/h6-9,13,16-18H,3-5,10-12,21H2,1-2H3/t13-,16-,17-,18+/m0/s1. The highest BCUT2D eigenvalue weighted by Crippen LogP contribution is 2.26. The molecule has 1 heterocycles. The molecule has 1 aromatic carbocycles. The summed E-state index contributed by atoms with van der Waals surface area (Å²) in [5, 5.41) is 0. The van der Waals surface area contributed by atoms with Crippen LogP contribution in [0.2, 0.25) is 0 Å². The quantitative estimate of drug-likeness (QED) is 0.838. The lowest BCUT2D eigenvalue weighted by Crippen LogP contribution is -2.38. The maximum absolute atomic E-state index is 13.1. The van der Waals surface area contributed by atoms with Crippen molar-refractivity contribution in [1.82, 2.24) is 0 Å². The minimum atomic E-state index is -0.635. The van der Waals surface area contributed by atoms with E-state index in [1.807, 2.05) is 6.92 Å². The van der Waals surface area contributed by atoms with Crippen molar-refractivity contribution in [3.05, 3.63) is 35.6 Å². The second-order valence-corrected chi connectivity index (χ2v) is 6.58. The summed E-state index contributed by atoms with van der Waals surface area (Å²) >= 11 is 0. The molecule has 0 aromatic heterocycles. The highest BCUT2D eigenvalue weighted by atomic mass is 19.1. The van der Waals surface area contributed by atoms with Crippen molar-refractivity contribution >= 4 is 5.97 Å². The summed E-state index contributed by atoms with van der Waals surface area (Å²) < 4.78 is 24.8. The highest BCUT2D eigenvalue weighted by Gasteiger charge is 2.33. The second-order valence-electron chi connectivity index (χ2n) is 6.58. The van der Waals surface area contributed by atoms with Gasteiger partial charge in [0.05, 0.1) is 6.10 Å². The van der Waals surface area contributed by atoms with Crippen LogP contribution in [0.25, 0.3) is 0 Å². The van der Waals surface area contributed by atoms with E-state index >= 15 is 0 Å². The first-order valence-electron chi connectivity index (χ1n) is 8.83. The monoisotopic (exact) mass is 337 g/mol. The number of carbonyl (C=O) groups is 1. The van der Waals surface area contributed by atoms with E-state index in [1.165, 1.54) is 12.1 Å². The third-order valence-electron chi connectivity index (χ3n) is 4.67. The predicted octanol–water partition coefficient (Wildman–Crippen LogP) is 3.22. The normalized spacial score (nSPS) is 28.6. The first kappa shape index (κ1) is 18.9. The maximum Gasteiger partial charge on any atom is 0.323 e. The molecule has 4 atom stereocenters. The van der Waals surface area contributed by atoms with Crippen LogP contribution in [0.3, 0.4) is 0 Å². The molecule has 1 fully saturated rings. The lowest BCUT2D eigenvalue weighted by Gasteiger charge is -2.31. The van der Waals surface area contributed by atoms with Crippen LogP contribution in [0.5, 0.6) is 0 Å². The fourth-order valence-corrected chi connectivity index (χ4v) is 3.14. The van der Waals surface area contributed by atoms with Crippen molar-refractivity contribution in [1.29, 1.82) is 0 Å². The van der Waals surface area contributed by atoms with Crippen LogP contribution in [0.4, 0.5) is 4.39 Å². The molecular formula is C19H28FNO3. The van der Waals surface area contributed by atoms with Gasteiger partial charge in [0.25, 0.3) is 0 Å². The molecule has 1 saturated heterocycles. The smallest absolute Gasteiger partial charge is 0.323 e. The molecule has 1 aliphatic rings. The number of benzene rings is 1. The summed E-state index contributed by atoms with van der Waals surface area (Å²) in [6.07, 6.45) is 3.90. The van der Waals surface area contributed by atoms with Gasteiger partial charge in [-0.3, -0.25) is 4.79 Å². The molecule has 1 aromatic rings. The number of ether oxygens (including phenoxy) is 2. The predicted molar refractivity (Wildman–Crippen MR) is 91.0 cm³/mol. The van der Waals surface area contributed by atoms with Gasteiger partial charge in [0.2, 0.25) is 0 Å². The Morgan fingerprint density at radius 3 is 2.67 bits per heavy atom. The maximum atomic E-state index is 13.1. The Morgan fingerprint density at radius 1 is 1.29 bits per heavy atom. The summed E-state index contributed by atoms with van der Waals surface area (Å²) in [5.41, 5.74) is 6.86. The Morgan fingerprint density at radius 2 is 2.00 bits per heavy atom. The Kier molecular flexibility index (Phi) is 7.18. The lowest BCUT2D eigenvalue weighted by atomic mass is 9.87. The largest absolute Gasteiger partial charge is 0.461 e. The van der Waals surface area contributed by atoms with Crippen molar-refractivity contribution in [2.75, 3.05) is 6.61 Å². The van der Waals surface area contributed by atoms with Crippen molar-refractivity contribution in [3.8, 4) is 0 Å². The minimum absolute atomic E-state index is 0.00287. The number of carbonyl (C=O) groups excluding carboxylic acids is 1. The van der Waals surface area contributed by atoms with E-state index in [1.54, 1.807) is 12.1 Å². The third-order valence-corrected chi connectivity index (χ3v) is 4.67. The average Bonchev–Trinajstić information content (AvgIpc) is 2.60. The van der Waals surface area contributed by atoms with Gasteiger partial charge in [-0.05, 0) is 43.9 Å². The van der Waals surface area contributed by atoms with E-state index in [0.717, 1.165) is 24.8 Å². The zero-order chi connectivity index (χ0) is 17.5. The highest BCUT2D eigenvalue weighted by molar-refractivity contribution is 5.75. The lowest BCUT2D eigenvalue weighted by molar-refractivity contribution is -0.153. The van der Waals surface area contributed by atoms with Crippen LogP contribution in [-0.4, -0.2) is 30.8 Å². The Hall–Kier alpha value is -1.46. The van der Waals surface area contributed by atoms with Crippen LogP contribution in [0.1, 0.15) is 45.1 Å². The molecule has 24 heavy (non-hydrogen) atoms. The SMILES string of the molecule is CCCC[C@H]1OCC[C@H](N)C(=O)O[C@@H](C)[C@@H]1Cc1ccc(F)cc1. The molecule has 0 saturated carbocycles. The van der Waals surface area contributed by atoms with Gasteiger partial charge < -0.3 is 15.2 Å². The zero-order valence-electron chi connectivity index (χ0n) is 14.5. The van der Waals surface area contributed by atoms with Gasteiger partial charge in [0, 0.05) is 12.5 Å². The summed E-state index contributed by atoms with van der Waals surface area (Å²) in [6, 6.07) is 5.83. The van der Waals surface area contributed by atoms with Crippen LogP contribution < -0.4 is 5.73 Å². The fourth-order valence-electron chi connectivity index (χ4n) is 3.14. The van der Waals surface area contributed by atoms with E-state index in [4.69, 9.17) is 15.2 Å². The number of cyclic esters (lactones) is 1. The van der Waals surface area contributed by atoms with Crippen molar-refractivity contribution in [2.45, 2.75) is 64.2 Å². The van der Waals surface area contributed by atoms with E-state index < -0.39 is 6.04 Å². The van der Waals surface area contributed by atoms with E-state index in [2.05, 4.69) is 6.92 Å². The minimum Gasteiger partial charge on any atom is -0.461 e. The van der Waals surface area contributed by atoms with Crippen LogP contribution in [0.15, 0.2) is 24.3 Å². The van der Waals surface area contributed by atoms with E-state index in [-0.39, 0.29) is 29.9 Å². The second kappa shape index (κ2) is 9.14. The van der Waals surface area contributed by atoms with Crippen molar-refractivity contribution < 1.29 is 18.7 Å². The number of esters is 1. The van der Waals surface area contributed by atoms with Gasteiger partial charge in [-0.25, -0.2) is 4.39 Å². The van der Waals surface area contributed by atoms with Crippen molar-refractivity contribution in [3.63, 3.8) is 0 Å². The molecule has 2 rings (SSSR count). The first-order chi connectivity index (χ1) is 11.5. The summed E-state index contributed by atoms with van der Waals surface area (Å²) in [4.78, 5) is 12.0. The molecule has 0 unspecified atom stereocenters. The first-order valence-corrected chi connectivity index (χ1v) is 8.83. The third kappa shape index (κ3) is 5.28. The molecule has 4 nitrogen and oxygen atoms in total. The summed E-state index contributed by atoms with van der Waals surface area (Å²) in [7, 11) is 0. The summed E-state index contributed by atoms with van der Waals surface area (Å²) in [6.45, 7) is 4.49. The Labute approximate surface area is 143 Å². The molecule has 0 amide bonds. The molecule has 0 bridgehead atoms. The molecule has 134 valence electrons. The molecule has 2 N–H and O–H groups in total. The van der Waals surface area contributed by atoms with E-state index in [0.29, 0.717) is 19.4 Å². The number of rotatable bonds is 5. The number of hydrogen-bond donors (Lipinski definition) is 1. The van der Waals surface area contributed by atoms with Crippen molar-refractivity contribution in [2.24, 2.45) is 11.7 Å². The van der Waals surface area contributed by atoms with E-state index in [9.17, 15) is 9.18 Å². The van der Waals surface area contributed by atoms with Gasteiger partial charge in [0.1, 0.15) is 18.0 Å². The van der Waals surface area contributed by atoms with Gasteiger partial charge in [-0.15, -0.1) is 0 Å². The molecule has 0 aliphatic carbocycles. The van der Waals surface area contributed by atoms with Gasteiger partial charge in [-0.2, -0.15) is 0 Å². The molecule has 0 spiro atoms. The molecular weight excluding hydrogens is 309 g/mol. The Bertz CT molecular complexity index is 520.